The normalized spacial score (nSPS) is 10.7. The van der Waals surface area contributed by atoms with Gasteiger partial charge in [0.1, 0.15) is 29.6 Å². The number of aryl methyl sites for hydroxylation is 2. The van der Waals surface area contributed by atoms with Gasteiger partial charge in [0.2, 0.25) is 0 Å². The Bertz CT molecular complexity index is 1430. The van der Waals surface area contributed by atoms with Gasteiger partial charge in [-0.25, -0.2) is 0 Å². The van der Waals surface area contributed by atoms with Crippen molar-refractivity contribution < 1.29 is 23.6 Å². The molecule has 36 heavy (non-hydrogen) atoms. The van der Waals surface area contributed by atoms with E-state index in [0.29, 0.717) is 17.3 Å². The maximum absolute atomic E-state index is 12.8. The molecule has 0 aliphatic rings. The van der Waals surface area contributed by atoms with Crippen molar-refractivity contribution in [1.82, 2.24) is 0 Å². The summed E-state index contributed by atoms with van der Waals surface area (Å²) in [5.74, 6) is 1.47. The summed E-state index contributed by atoms with van der Waals surface area (Å²) in [6, 6.07) is 18.7. The molecular formula is C27H23IN2O6. The van der Waals surface area contributed by atoms with Crippen LogP contribution >= 0.6 is 22.6 Å². The van der Waals surface area contributed by atoms with Crippen LogP contribution in [0.5, 0.6) is 17.2 Å². The van der Waals surface area contributed by atoms with Crippen molar-refractivity contribution in [3.8, 4) is 17.2 Å². The Labute approximate surface area is 221 Å². The smallest absolute Gasteiger partial charge is 0.291 e. The number of nitrogens with zero attached hydrogens (tertiary/aromatic N) is 1. The van der Waals surface area contributed by atoms with E-state index in [2.05, 4.69) is 27.9 Å². The second-order valence-corrected chi connectivity index (χ2v) is 9.49. The Kier molecular flexibility index (Phi) is 7.58. The lowest BCUT2D eigenvalue weighted by atomic mass is 10.1. The highest BCUT2D eigenvalue weighted by Gasteiger charge is 2.17. The predicted molar refractivity (Wildman–Crippen MR) is 144 cm³/mol. The number of nitro groups is 1. The molecule has 1 heterocycles. The number of carbonyl (C=O) groups excluding carboxylic acids is 1. The first-order valence-electron chi connectivity index (χ1n) is 11.0. The van der Waals surface area contributed by atoms with Gasteiger partial charge < -0.3 is 19.2 Å². The van der Waals surface area contributed by atoms with Gasteiger partial charge in [0.15, 0.2) is 5.76 Å². The first-order valence-corrected chi connectivity index (χ1v) is 12.1. The van der Waals surface area contributed by atoms with E-state index in [0.717, 1.165) is 20.3 Å². The van der Waals surface area contributed by atoms with E-state index < -0.39 is 10.8 Å². The van der Waals surface area contributed by atoms with Crippen LogP contribution in [-0.4, -0.2) is 10.8 Å². The molecule has 4 aromatic rings. The minimum atomic E-state index is -0.551. The summed E-state index contributed by atoms with van der Waals surface area (Å²) >= 11 is 2.21. The molecule has 0 bridgehead atoms. The van der Waals surface area contributed by atoms with Gasteiger partial charge in [0.05, 0.1) is 16.7 Å². The van der Waals surface area contributed by atoms with E-state index in [1.165, 1.54) is 24.3 Å². The van der Waals surface area contributed by atoms with Gasteiger partial charge in [0, 0.05) is 15.7 Å². The highest BCUT2D eigenvalue weighted by molar-refractivity contribution is 14.1. The van der Waals surface area contributed by atoms with Gasteiger partial charge in [-0.3, -0.25) is 14.9 Å². The van der Waals surface area contributed by atoms with Gasteiger partial charge in [-0.15, -0.1) is 0 Å². The molecule has 0 aliphatic heterocycles. The van der Waals surface area contributed by atoms with Crippen molar-refractivity contribution in [2.75, 3.05) is 5.32 Å². The number of anilines is 1. The molecule has 8 nitrogen and oxygen atoms in total. The van der Waals surface area contributed by atoms with Gasteiger partial charge >= 0.3 is 0 Å². The third-order valence-electron chi connectivity index (χ3n) is 5.43. The number of benzene rings is 3. The van der Waals surface area contributed by atoms with E-state index in [4.69, 9.17) is 13.9 Å². The van der Waals surface area contributed by atoms with Gasteiger partial charge in [0.25, 0.3) is 11.6 Å². The first kappa shape index (κ1) is 25.2. The Morgan fingerprint density at radius 1 is 1.00 bits per heavy atom. The monoisotopic (exact) mass is 598 g/mol. The van der Waals surface area contributed by atoms with Crippen LogP contribution in [0.4, 0.5) is 11.4 Å². The number of nitro benzene ring substituents is 1. The Balaban J connectivity index is 1.49. The van der Waals surface area contributed by atoms with Crippen LogP contribution in [0.25, 0.3) is 0 Å². The van der Waals surface area contributed by atoms with Crippen LogP contribution in [0.15, 0.2) is 71.1 Å². The molecule has 0 saturated carbocycles. The average Bonchev–Trinajstić information content (AvgIpc) is 3.31. The average molecular weight is 598 g/mol. The topological polar surface area (TPSA) is 104 Å². The quantitative estimate of drug-likeness (QED) is 0.129. The largest absolute Gasteiger partial charge is 0.486 e. The molecule has 0 saturated heterocycles. The summed E-state index contributed by atoms with van der Waals surface area (Å²) in [5, 5.41) is 14.2. The zero-order valence-corrected chi connectivity index (χ0v) is 22.0. The summed E-state index contributed by atoms with van der Waals surface area (Å²) in [6.07, 6.45) is 0. The number of nitrogens with one attached hydrogen (secondary N) is 1. The minimum Gasteiger partial charge on any atom is -0.486 e. The highest BCUT2D eigenvalue weighted by atomic mass is 127. The molecule has 0 fully saturated rings. The fourth-order valence-electron chi connectivity index (χ4n) is 3.51. The van der Waals surface area contributed by atoms with Crippen molar-refractivity contribution >= 4 is 39.9 Å². The number of halogens is 1. The molecule has 0 aliphatic carbocycles. The lowest BCUT2D eigenvalue weighted by molar-refractivity contribution is -0.384. The second kappa shape index (κ2) is 10.8. The van der Waals surface area contributed by atoms with Crippen LogP contribution in [0.3, 0.4) is 0 Å². The Morgan fingerprint density at radius 2 is 1.75 bits per heavy atom. The van der Waals surface area contributed by atoms with Crippen molar-refractivity contribution in [3.05, 3.63) is 109 Å². The molecule has 0 unspecified atom stereocenters. The first-order chi connectivity index (χ1) is 17.2. The maximum atomic E-state index is 12.8. The summed E-state index contributed by atoms with van der Waals surface area (Å²) in [7, 11) is 0. The van der Waals surface area contributed by atoms with E-state index >= 15 is 0 Å². The fraction of sp³-hybridized carbons (Fsp3) is 0.148. The molecule has 0 spiro atoms. The number of hydrogen-bond donors (Lipinski definition) is 1. The van der Waals surface area contributed by atoms with E-state index in [1.807, 2.05) is 57.2 Å². The number of hydrogen-bond acceptors (Lipinski definition) is 6. The number of non-ortho nitro benzene ring substituents is 1. The van der Waals surface area contributed by atoms with E-state index in [9.17, 15) is 14.9 Å². The number of rotatable bonds is 8. The molecule has 4 rings (SSSR count). The third kappa shape index (κ3) is 6.22. The SMILES string of the molecule is Cc1cc(C)c(C)c(Oc2cc(NC(=O)c3ccc(COc4ccc(I)cc4)o3)cc([N+](=O)[O-])c2)c1. The molecule has 3 aromatic carbocycles. The lowest BCUT2D eigenvalue weighted by Crippen LogP contribution is -2.11. The molecule has 1 amide bonds. The van der Waals surface area contributed by atoms with Gasteiger partial charge in [-0.05, 0) is 103 Å². The Morgan fingerprint density at radius 3 is 2.47 bits per heavy atom. The summed E-state index contributed by atoms with van der Waals surface area (Å²) < 4.78 is 18.4. The van der Waals surface area contributed by atoms with Crippen molar-refractivity contribution in [1.29, 1.82) is 0 Å². The number of amides is 1. The summed E-state index contributed by atoms with van der Waals surface area (Å²) in [5.41, 5.74) is 2.97. The molecule has 0 radical (unpaired) electrons. The molecule has 9 heteroatoms. The number of furan rings is 1. The fourth-order valence-corrected chi connectivity index (χ4v) is 3.87. The molecule has 1 aromatic heterocycles. The van der Waals surface area contributed by atoms with Crippen molar-refractivity contribution in [3.63, 3.8) is 0 Å². The molecule has 1 N–H and O–H groups in total. The molecule has 184 valence electrons. The van der Waals surface area contributed by atoms with Crippen LogP contribution in [0.1, 0.15) is 33.0 Å². The van der Waals surface area contributed by atoms with Gasteiger partial charge in [-0.2, -0.15) is 0 Å². The molecular weight excluding hydrogens is 575 g/mol. The van der Waals surface area contributed by atoms with Crippen LogP contribution < -0.4 is 14.8 Å². The predicted octanol–water partition coefficient (Wildman–Crippen LogP) is 7.34. The minimum absolute atomic E-state index is 0.0512. The Hall–Kier alpha value is -3.86. The van der Waals surface area contributed by atoms with Crippen LogP contribution in [-0.2, 0) is 6.61 Å². The van der Waals surface area contributed by atoms with Crippen molar-refractivity contribution in [2.24, 2.45) is 0 Å². The van der Waals surface area contributed by atoms with Crippen LogP contribution in [0.2, 0.25) is 0 Å². The lowest BCUT2D eigenvalue weighted by Gasteiger charge is -2.13. The third-order valence-corrected chi connectivity index (χ3v) is 6.15. The van der Waals surface area contributed by atoms with Crippen molar-refractivity contribution in [2.45, 2.75) is 27.4 Å². The van der Waals surface area contributed by atoms with E-state index in [1.54, 1.807) is 6.07 Å². The second-order valence-electron chi connectivity index (χ2n) is 8.24. The zero-order chi connectivity index (χ0) is 25.8. The number of carbonyl (C=O) groups is 1. The summed E-state index contributed by atoms with van der Waals surface area (Å²) in [4.78, 5) is 23.7. The standard InChI is InChI=1S/C27H23IN2O6/c1-16-10-17(2)18(3)26(11-16)36-24-13-20(12-21(14-24)30(32)33)29-27(31)25-9-8-23(35-25)15-34-22-6-4-19(28)5-7-22/h4-14H,15H2,1-3H3,(H,29,31). The van der Waals surface area contributed by atoms with E-state index in [-0.39, 0.29) is 29.5 Å². The highest BCUT2D eigenvalue weighted by Crippen LogP contribution is 2.33. The summed E-state index contributed by atoms with van der Waals surface area (Å²) in [6.45, 7) is 5.98. The van der Waals surface area contributed by atoms with Gasteiger partial charge in [-0.1, -0.05) is 6.07 Å². The van der Waals surface area contributed by atoms with Crippen LogP contribution in [0, 0.1) is 34.5 Å². The number of ether oxygens (including phenoxy) is 2. The maximum Gasteiger partial charge on any atom is 0.291 e. The zero-order valence-electron chi connectivity index (χ0n) is 19.8. The molecule has 0 atom stereocenters.